The molecule has 3 rings (SSSR count). The quantitative estimate of drug-likeness (QED) is 0.731. The second-order valence-electron chi connectivity index (χ2n) is 6.41. The van der Waals surface area contributed by atoms with Gasteiger partial charge in [0.15, 0.2) is 0 Å². The molecule has 0 amide bonds. The van der Waals surface area contributed by atoms with E-state index in [1.807, 2.05) is 31.2 Å². The molecule has 3 aromatic carbocycles. The van der Waals surface area contributed by atoms with Crippen LogP contribution in [0.2, 0.25) is 0 Å². The van der Waals surface area contributed by atoms with E-state index >= 15 is 0 Å². The lowest BCUT2D eigenvalue weighted by Gasteiger charge is -2.12. The molecule has 0 aliphatic rings. The van der Waals surface area contributed by atoms with Gasteiger partial charge in [0, 0.05) is 22.0 Å². The predicted octanol–water partition coefficient (Wildman–Crippen LogP) is 4.24. The number of halogens is 1. The van der Waals surface area contributed by atoms with Crippen LogP contribution < -0.4 is 0 Å². The van der Waals surface area contributed by atoms with Gasteiger partial charge in [0.25, 0.3) is 0 Å². The zero-order chi connectivity index (χ0) is 18.8. The average Bonchev–Trinajstić information content (AvgIpc) is 2.56. The first-order valence-corrected chi connectivity index (χ1v) is 9.75. The van der Waals surface area contributed by atoms with Crippen LogP contribution in [0.25, 0.3) is 10.8 Å². The molecule has 26 heavy (non-hydrogen) atoms. The fourth-order valence-electron chi connectivity index (χ4n) is 3.15. The monoisotopic (exact) mass is 370 g/mol. The van der Waals surface area contributed by atoms with E-state index in [4.69, 9.17) is 5.11 Å². The minimum Gasteiger partial charge on any atom is -0.481 e. The zero-order valence-corrected chi connectivity index (χ0v) is 15.4. The van der Waals surface area contributed by atoms with Crippen molar-refractivity contribution in [1.29, 1.82) is 0 Å². The van der Waals surface area contributed by atoms with Crippen molar-refractivity contribution in [3.8, 4) is 0 Å². The van der Waals surface area contributed by atoms with Crippen LogP contribution in [0.15, 0.2) is 53.4 Å². The molecular formula is C21H19FO3S. The summed E-state index contributed by atoms with van der Waals surface area (Å²) in [4.78, 5) is 11.9. The van der Waals surface area contributed by atoms with Crippen LogP contribution in [-0.4, -0.2) is 21.5 Å². The lowest BCUT2D eigenvalue weighted by molar-refractivity contribution is -0.136. The summed E-state index contributed by atoms with van der Waals surface area (Å²) in [6, 6.07) is 13.8. The van der Waals surface area contributed by atoms with Crippen molar-refractivity contribution < 1.29 is 18.5 Å². The van der Waals surface area contributed by atoms with Crippen LogP contribution in [0.3, 0.4) is 0 Å². The predicted molar refractivity (Wildman–Crippen MR) is 102 cm³/mol. The summed E-state index contributed by atoms with van der Waals surface area (Å²) in [6.45, 7) is 1.95. The van der Waals surface area contributed by atoms with Crippen molar-refractivity contribution in [3.05, 3.63) is 76.6 Å². The smallest absolute Gasteiger partial charge is 0.307 e. The topological polar surface area (TPSA) is 54.4 Å². The average molecular weight is 370 g/mol. The molecule has 1 atom stereocenters. The first-order valence-electron chi connectivity index (χ1n) is 8.19. The highest BCUT2D eigenvalue weighted by atomic mass is 32.2. The van der Waals surface area contributed by atoms with Crippen LogP contribution in [0.4, 0.5) is 4.39 Å². The molecule has 134 valence electrons. The molecule has 0 aromatic heterocycles. The van der Waals surface area contributed by atoms with E-state index in [0.29, 0.717) is 12.0 Å². The Morgan fingerprint density at radius 2 is 1.85 bits per heavy atom. The molecule has 0 bridgehead atoms. The molecule has 3 nitrogen and oxygen atoms in total. The third-order valence-corrected chi connectivity index (χ3v) is 5.36. The number of aliphatic carboxylic acids is 1. The summed E-state index contributed by atoms with van der Waals surface area (Å²) >= 11 is 0. The molecule has 0 saturated carbocycles. The maximum absolute atomic E-state index is 13.8. The summed E-state index contributed by atoms with van der Waals surface area (Å²) in [5.74, 6) is -1.22. The van der Waals surface area contributed by atoms with Crippen molar-refractivity contribution in [2.75, 3.05) is 6.26 Å². The van der Waals surface area contributed by atoms with Crippen molar-refractivity contribution in [2.45, 2.75) is 24.7 Å². The number of carboxylic acids is 1. The Kier molecular flexibility index (Phi) is 5.18. The Balaban J connectivity index is 2.09. The Morgan fingerprint density at radius 3 is 2.50 bits per heavy atom. The zero-order valence-electron chi connectivity index (χ0n) is 14.6. The third-order valence-electron chi connectivity index (χ3n) is 4.44. The van der Waals surface area contributed by atoms with E-state index in [0.717, 1.165) is 32.4 Å². The minimum absolute atomic E-state index is 0.0763. The molecule has 1 unspecified atom stereocenters. The first-order chi connectivity index (χ1) is 12.3. The van der Waals surface area contributed by atoms with Gasteiger partial charge < -0.3 is 5.11 Å². The van der Waals surface area contributed by atoms with Crippen LogP contribution in [0.1, 0.15) is 22.3 Å². The Hall–Kier alpha value is -2.53. The molecule has 0 aliphatic carbocycles. The van der Waals surface area contributed by atoms with Crippen LogP contribution >= 0.6 is 0 Å². The minimum atomic E-state index is -1.04. The van der Waals surface area contributed by atoms with Crippen LogP contribution in [-0.2, 0) is 28.4 Å². The van der Waals surface area contributed by atoms with Crippen molar-refractivity contribution in [1.82, 2.24) is 0 Å². The Morgan fingerprint density at radius 1 is 1.08 bits per heavy atom. The molecule has 5 heteroatoms. The SMILES string of the molecule is Cc1cc(S(C)=O)ccc1Cc1cc(CC(=O)O)cc2ccc(F)cc12. The highest BCUT2D eigenvalue weighted by molar-refractivity contribution is 7.84. The maximum atomic E-state index is 13.8. The highest BCUT2D eigenvalue weighted by Gasteiger charge is 2.11. The number of fused-ring (bicyclic) bond motifs is 1. The maximum Gasteiger partial charge on any atom is 0.307 e. The van der Waals surface area contributed by atoms with E-state index in [1.165, 1.54) is 12.1 Å². The van der Waals surface area contributed by atoms with Crippen LogP contribution in [0.5, 0.6) is 0 Å². The van der Waals surface area contributed by atoms with Gasteiger partial charge in [-0.25, -0.2) is 4.39 Å². The second-order valence-corrected chi connectivity index (χ2v) is 7.79. The van der Waals surface area contributed by atoms with Gasteiger partial charge in [-0.3, -0.25) is 9.00 Å². The number of carboxylic acid groups (broad SMARTS) is 1. The fourth-order valence-corrected chi connectivity index (χ4v) is 3.75. The van der Waals surface area contributed by atoms with Gasteiger partial charge in [0.05, 0.1) is 6.42 Å². The van der Waals surface area contributed by atoms with Crippen LogP contribution in [0, 0.1) is 12.7 Å². The van der Waals surface area contributed by atoms with Gasteiger partial charge in [0.2, 0.25) is 0 Å². The molecule has 3 aromatic rings. The molecular weight excluding hydrogens is 351 g/mol. The lowest BCUT2D eigenvalue weighted by atomic mass is 9.93. The van der Waals surface area contributed by atoms with E-state index in [2.05, 4.69) is 0 Å². The van der Waals surface area contributed by atoms with Gasteiger partial charge in [-0.1, -0.05) is 24.3 Å². The summed E-state index contributed by atoms with van der Waals surface area (Å²) in [5, 5.41) is 10.7. The molecule has 0 saturated heterocycles. The van der Waals surface area contributed by atoms with Gasteiger partial charge in [-0.15, -0.1) is 0 Å². The van der Waals surface area contributed by atoms with Gasteiger partial charge in [-0.05, 0) is 70.6 Å². The lowest BCUT2D eigenvalue weighted by Crippen LogP contribution is -2.02. The van der Waals surface area contributed by atoms with Crippen molar-refractivity contribution in [2.24, 2.45) is 0 Å². The molecule has 0 radical (unpaired) electrons. The van der Waals surface area contributed by atoms with Crippen molar-refractivity contribution >= 4 is 27.5 Å². The Bertz CT molecular complexity index is 1030. The molecule has 1 N–H and O–H groups in total. The number of hydrogen-bond acceptors (Lipinski definition) is 2. The molecule has 0 aliphatic heterocycles. The standard InChI is InChI=1S/C21H19FO3S/c1-13-7-19(26(2)25)6-4-15(13)11-17-9-14(10-21(23)24)8-16-3-5-18(22)12-20(16)17/h3-9,12H,10-11H2,1-2H3,(H,23,24). The summed E-state index contributed by atoms with van der Waals surface area (Å²) < 4.78 is 25.4. The van der Waals surface area contributed by atoms with E-state index in [-0.39, 0.29) is 12.2 Å². The Labute approximate surface area is 153 Å². The summed E-state index contributed by atoms with van der Waals surface area (Å²) in [6.07, 6.45) is 2.11. The molecule has 0 spiro atoms. The van der Waals surface area contributed by atoms with Gasteiger partial charge in [0.1, 0.15) is 5.82 Å². The third kappa shape index (κ3) is 3.99. The summed E-state index contributed by atoms with van der Waals surface area (Å²) in [5.41, 5.74) is 3.62. The fraction of sp³-hybridized carbons (Fsp3) is 0.190. The van der Waals surface area contributed by atoms with E-state index in [9.17, 15) is 13.4 Å². The first kappa shape index (κ1) is 18.3. The number of carbonyl (C=O) groups is 1. The van der Waals surface area contributed by atoms with E-state index in [1.54, 1.807) is 18.4 Å². The molecule has 0 heterocycles. The normalized spacial score (nSPS) is 12.3. The van der Waals surface area contributed by atoms with Crippen molar-refractivity contribution in [3.63, 3.8) is 0 Å². The number of rotatable bonds is 5. The largest absolute Gasteiger partial charge is 0.481 e. The van der Waals surface area contributed by atoms with E-state index < -0.39 is 16.8 Å². The van der Waals surface area contributed by atoms with Gasteiger partial charge in [-0.2, -0.15) is 0 Å². The summed E-state index contributed by atoms with van der Waals surface area (Å²) in [7, 11) is -1.04. The number of benzene rings is 3. The van der Waals surface area contributed by atoms with Gasteiger partial charge >= 0.3 is 5.97 Å². The molecule has 0 fully saturated rings. The number of hydrogen-bond donors (Lipinski definition) is 1. The number of aryl methyl sites for hydroxylation is 1. The highest BCUT2D eigenvalue weighted by Crippen LogP contribution is 2.26. The second kappa shape index (κ2) is 7.38.